The maximum absolute atomic E-state index is 13.5. The highest BCUT2D eigenvalue weighted by molar-refractivity contribution is 14.1. The fourth-order valence-electron chi connectivity index (χ4n) is 3.13. The topological polar surface area (TPSA) is 70.9 Å². The van der Waals surface area contributed by atoms with Crippen LogP contribution in [-0.2, 0) is 6.61 Å². The first-order valence-electron chi connectivity index (χ1n) is 9.49. The summed E-state index contributed by atoms with van der Waals surface area (Å²) in [6.45, 7) is 0.359. The SMILES string of the molecule is COc1cc(/C=C(\C#N)c2nc3ccc(F)cc3[nH]2)cc(I)c1OCc1ccc(Cl)cc1. The molecule has 0 spiro atoms. The van der Waals surface area contributed by atoms with Gasteiger partial charge < -0.3 is 14.5 Å². The standard InChI is InChI=1S/C24H16ClFIN3O2/c1-31-22-10-15(9-19(27)23(22)32-13-14-2-4-17(25)5-3-14)8-16(12-28)24-29-20-7-6-18(26)11-21(20)30-24/h2-11H,13H2,1H3,(H,29,30)/b16-8+. The van der Waals surface area contributed by atoms with Crippen LogP contribution in [0.1, 0.15) is 17.0 Å². The molecule has 1 aromatic heterocycles. The van der Waals surface area contributed by atoms with Crippen LogP contribution in [0, 0.1) is 20.7 Å². The van der Waals surface area contributed by atoms with Crippen LogP contribution in [0.4, 0.5) is 4.39 Å². The molecule has 0 amide bonds. The van der Waals surface area contributed by atoms with Crippen molar-refractivity contribution in [2.45, 2.75) is 6.61 Å². The second kappa shape index (κ2) is 9.59. The average Bonchev–Trinajstić information content (AvgIpc) is 3.20. The molecule has 5 nitrogen and oxygen atoms in total. The van der Waals surface area contributed by atoms with E-state index in [9.17, 15) is 9.65 Å². The lowest BCUT2D eigenvalue weighted by Crippen LogP contribution is -2.00. The Labute approximate surface area is 202 Å². The third kappa shape index (κ3) is 4.87. The number of allylic oxidation sites excluding steroid dienone is 1. The number of nitrogens with zero attached hydrogens (tertiary/aromatic N) is 2. The summed E-state index contributed by atoms with van der Waals surface area (Å²) in [7, 11) is 1.56. The van der Waals surface area contributed by atoms with Gasteiger partial charge in [0.25, 0.3) is 0 Å². The predicted molar refractivity (Wildman–Crippen MR) is 131 cm³/mol. The van der Waals surface area contributed by atoms with Crippen molar-refractivity contribution in [3.63, 3.8) is 0 Å². The minimum atomic E-state index is -0.372. The zero-order chi connectivity index (χ0) is 22.7. The number of halogens is 3. The number of fused-ring (bicyclic) bond motifs is 1. The Kier molecular flexibility index (Phi) is 6.63. The maximum Gasteiger partial charge on any atom is 0.174 e. The van der Waals surface area contributed by atoms with Crippen LogP contribution in [0.3, 0.4) is 0 Å². The van der Waals surface area contributed by atoms with Gasteiger partial charge in [0.05, 0.1) is 27.3 Å². The van der Waals surface area contributed by atoms with Crippen LogP contribution in [0.2, 0.25) is 5.02 Å². The Balaban J connectivity index is 1.63. The summed E-state index contributed by atoms with van der Waals surface area (Å²) in [5, 5.41) is 10.3. The minimum absolute atomic E-state index is 0.314. The summed E-state index contributed by atoms with van der Waals surface area (Å²) in [6.07, 6.45) is 1.70. The molecule has 32 heavy (non-hydrogen) atoms. The van der Waals surface area contributed by atoms with Gasteiger partial charge >= 0.3 is 0 Å². The highest BCUT2D eigenvalue weighted by Crippen LogP contribution is 2.35. The van der Waals surface area contributed by atoms with Gasteiger partial charge in [-0.1, -0.05) is 23.7 Å². The van der Waals surface area contributed by atoms with E-state index in [4.69, 9.17) is 21.1 Å². The number of aromatic amines is 1. The van der Waals surface area contributed by atoms with Gasteiger partial charge in [0.1, 0.15) is 24.3 Å². The Morgan fingerprint density at radius 3 is 2.72 bits per heavy atom. The van der Waals surface area contributed by atoms with Gasteiger partial charge in [-0.2, -0.15) is 5.26 Å². The second-order valence-corrected chi connectivity index (χ2v) is 8.46. The van der Waals surface area contributed by atoms with Gasteiger partial charge in [-0.15, -0.1) is 0 Å². The van der Waals surface area contributed by atoms with Crippen molar-refractivity contribution in [2.75, 3.05) is 7.11 Å². The van der Waals surface area contributed by atoms with Crippen molar-refractivity contribution in [1.29, 1.82) is 5.26 Å². The molecule has 0 aliphatic heterocycles. The van der Waals surface area contributed by atoms with E-state index in [2.05, 4.69) is 38.6 Å². The summed E-state index contributed by atoms with van der Waals surface area (Å²) in [6, 6.07) is 17.5. The van der Waals surface area contributed by atoms with E-state index in [-0.39, 0.29) is 5.82 Å². The van der Waals surface area contributed by atoms with E-state index >= 15 is 0 Å². The normalized spacial score (nSPS) is 11.4. The van der Waals surface area contributed by atoms with Crippen LogP contribution in [-0.4, -0.2) is 17.1 Å². The molecule has 160 valence electrons. The molecule has 0 radical (unpaired) electrons. The molecule has 0 fully saturated rings. The first kappa shape index (κ1) is 22.1. The number of rotatable bonds is 6. The quantitative estimate of drug-likeness (QED) is 0.213. The van der Waals surface area contributed by atoms with E-state index in [1.54, 1.807) is 25.3 Å². The summed E-state index contributed by atoms with van der Waals surface area (Å²) in [5.74, 6) is 1.15. The molecule has 0 atom stereocenters. The average molecular weight is 560 g/mol. The number of hydrogen-bond acceptors (Lipinski definition) is 4. The van der Waals surface area contributed by atoms with E-state index < -0.39 is 0 Å². The maximum atomic E-state index is 13.5. The summed E-state index contributed by atoms with van der Waals surface area (Å²) >= 11 is 8.10. The van der Waals surface area contributed by atoms with E-state index in [1.807, 2.05) is 30.3 Å². The third-order valence-corrected chi connectivity index (χ3v) is 5.73. The van der Waals surface area contributed by atoms with Crippen molar-refractivity contribution < 1.29 is 13.9 Å². The van der Waals surface area contributed by atoms with E-state index in [0.29, 0.717) is 45.6 Å². The van der Waals surface area contributed by atoms with E-state index in [1.165, 1.54) is 12.1 Å². The number of ether oxygens (including phenoxy) is 2. The molecule has 4 aromatic rings. The number of H-pyrrole nitrogens is 1. The summed E-state index contributed by atoms with van der Waals surface area (Å²) < 4.78 is 25.8. The largest absolute Gasteiger partial charge is 0.493 e. The molecule has 0 bridgehead atoms. The lowest BCUT2D eigenvalue weighted by Gasteiger charge is -2.14. The van der Waals surface area contributed by atoms with Crippen LogP contribution in [0.5, 0.6) is 11.5 Å². The van der Waals surface area contributed by atoms with Crippen molar-refractivity contribution in [3.8, 4) is 17.6 Å². The molecule has 8 heteroatoms. The number of methoxy groups -OCH3 is 1. The highest BCUT2D eigenvalue weighted by atomic mass is 127. The molecule has 0 aliphatic carbocycles. The Morgan fingerprint density at radius 2 is 2.00 bits per heavy atom. The number of hydrogen-bond donors (Lipinski definition) is 1. The van der Waals surface area contributed by atoms with Crippen LogP contribution in [0.15, 0.2) is 54.6 Å². The van der Waals surface area contributed by atoms with Crippen LogP contribution >= 0.6 is 34.2 Å². The number of nitrogens with one attached hydrogen (secondary N) is 1. The number of benzene rings is 3. The van der Waals surface area contributed by atoms with Crippen molar-refractivity contribution >= 4 is 56.9 Å². The molecule has 4 rings (SSSR count). The first-order chi connectivity index (χ1) is 15.5. The Hall–Kier alpha value is -3.09. The van der Waals surface area contributed by atoms with Gasteiger partial charge in [0, 0.05) is 5.02 Å². The van der Waals surface area contributed by atoms with Gasteiger partial charge in [0.2, 0.25) is 0 Å². The molecule has 3 aromatic carbocycles. The Bertz CT molecular complexity index is 1360. The minimum Gasteiger partial charge on any atom is -0.493 e. The van der Waals surface area contributed by atoms with E-state index in [0.717, 1.165) is 14.7 Å². The zero-order valence-corrected chi connectivity index (χ0v) is 19.7. The monoisotopic (exact) mass is 559 g/mol. The van der Waals surface area contributed by atoms with Gasteiger partial charge in [-0.3, -0.25) is 0 Å². The van der Waals surface area contributed by atoms with Crippen molar-refractivity contribution in [3.05, 3.63) is 86.0 Å². The van der Waals surface area contributed by atoms with Gasteiger partial charge in [0.15, 0.2) is 11.5 Å². The fourth-order valence-corrected chi connectivity index (χ4v) is 4.04. The second-order valence-electron chi connectivity index (χ2n) is 6.87. The predicted octanol–water partition coefficient (Wildman–Crippen LogP) is 6.61. The highest BCUT2D eigenvalue weighted by Gasteiger charge is 2.14. The lowest BCUT2D eigenvalue weighted by atomic mass is 10.1. The molecule has 1 N–H and O–H groups in total. The van der Waals surface area contributed by atoms with Crippen molar-refractivity contribution in [2.24, 2.45) is 0 Å². The molecule has 1 heterocycles. The number of imidazole rings is 1. The summed E-state index contributed by atoms with van der Waals surface area (Å²) in [4.78, 5) is 7.39. The molecule has 0 saturated heterocycles. The molecular formula is C24H16ClFIN3O2. The smallest absolute Gasteiger partial charge is 0.174 e. The molecular weight excluding hydrogens is 544 g/mol. The zero-order valence-electron chi connectivity index (χ0n) is 16.8. The van der Waals surface area contributed by atoms with Crippen LogP contribution in [0.25, 0.3) is 22.7 Å². The Morgan fingerprint density at radius 1 is 1.22 bits per heavy atom. The number of nitriles is 1. The fraction of sp³-hybridized carbons (Fsp3) is 0.0833. The molecule has 0 unspecified atom stereocenters. The summed E-state index contributed by atoms with van der Waals surface area (Å²) in [5.41, 5.74) is 3.15. The third-order valence-electron chi connectivity index (χ3n) is 4.68. The van der Waals surface area contributed by atoms with Crippen LogP contribution < -0.4 is 9.47 Å². The van der Waals surface area contributed by atoms with Gasteiger partial charge in [-0.05, 0) is 82.3 Å². The van der Waals surface area contributed by atoms with Crippen molar-refractivity contribution in [1.82, 2.24) is 9.97 Å². The first-order valence-corrected chi connectivity index (χ1v) is 10.9. The number of aromatic nitrogens is 2. The molecule has 0 aliphatic rings. The van der Waals surface area contributed by atoms with Gasteiger partial charge in [-0.25, -0.2) is 9.37 Å². The lowest BCUT2D eigenvalue weighted by molar-refractivity contribution is 0.282. The molecule has 0 saturated carbocycles.